The Hall–Kier alpha value is -0.890. The van der Waals surface area contributed by atoms with Crippen LogP contribution >= 0.6 is 0 Å². The highest BCUT2D eigenvalue weighted by Crippen LogP contribution is 1.94. The number of hydrogen-bond acceptors (Lipinski definition) is 1. The predicted molar refractivity (Wildman–Crippen MR) is 42.2 cm³/mol. The van der Waals surface area contributed by atoms with E-state index in [0.717, 1.165) is 5.57 Å². The number of hydrogen-bond donors (Lipinski definition) is 1. The number of halogens is 1. The van der Waals surface area contributed by atoms with E-state index in [-0.39, 0.29) is 0 Å². The molecule has 0 aromatic rings. The summed E-state index contributed by atoms with van der Waals surface area (Å²) in [4.78, 5) is 0. The molecule has 0 atom stereocenters. The third kappa shape index (κ3) is 4.04. The fourth-order valence-electron chi connectivity index (χ4n) is 0.566. The second-order valence-corrected chi connectivity index (χ2v) is 1.76. The Balaban J connectivity index is 4.04. The maximum Gasteiger partial charge on any atom is 0.0867 e. The summed E-state index contributed by atoms with van der Waals surface area (Å²) >= 11 is 0. The zero-order chi connectivity index (χ0) is 7.82. The van der Waals surface area contributed by atoms with E-state index in [1.165, 1.54) is 6.08 Å². The third-order valence-corrected chi connectivity index (χ3v) is 0.999. The molecule has 0 saturated carbocycles. The third-order valence-electron chi connectivity index (χ3n) is 0.999. The van der Waals surface area contributed by atoms with Gasteiger partial charge in [-0.25, -0.2) is 4.39 Å². The van der Waals surface area contributed by atoms with Crippen molar-refractivity contribution < 1.29 is 4.39 Å². The molecular formula is C8H12FN. The van der Waals surface area contributed by atoms with Crippen molar-refractivity contribution in [3.05, 3.63) is 36.2 Å². The van der Waals surface area contributed by atoms with Crippen LogP contribution in [0.25, 0.3) is 0 Å². The van der Waals surface area contributed by atoms with Crippen LogP contribution in [0.3, 0.4) is 0 Å². The molecule has 0 aliphatic rings. The summed E-state index contributed by atoms with van der Waals surface area (Å²) in [5, 5.41) is 0. The molecule has 0 aliphatic heterocycles. The quantitative estimate of drug-likeness (QED) is 0.597. The second-order valence-electron chi connectivity index (χ2n) is 1.76. The van der Waals surface area contributed by atoms with Crippen molar-refractivity contribution in [2.24, 2.45) is 5.73 Å². The van der Waals surface area contributed by atoms with Crippen molar-refractivity contribution in [1.82, 2.24) is 0 Å². The molecule has 0 saturated heterocycles. The average Bonchev–Trinajstić information content (AvgIpc) is 1.98. The van der Waals surface area contributed by atoms with E-state index in [1.54, 1.807) is 6.08 Å². The van der Waals surface area contributed by atoms with E-state index in [2.05, 4.69) is 0 Å². The first-order valence-corrected chi connectivity index (χ1v) is 3.13. The van der Waals surface area contributed by atoms with Crippen molar-refractivity contribution in [1.29, 1.82) is 0 Å². The first-order chi connectivity index (χ1) is 4.85. The lowest BCUT2D eigenvalue weighted by Gasteiger charge is -1.91. The summed E-state index contributed by atoms with van der Waals surface area (Å²) in [6.45, 7) is 2.33. The Kier molecular flexibility index (Phi) is 5.68. The van der Waals surface area contributed by atoms with E-state index in [0.29, 0.717) is 12.9 Å². The van der Waals surface area contributed by atoms with Crippen LogP contribution in [0.5, 0.6) is 0 Å². The van der Waals surface area contributed by atoms with Crippen LogP contribution in [0.2, 0.25) is 0 Å². The molecule has 2 heteroatoms. The Labute approximate surface area is 60.7 Å². The molecule has 2 N–H and O–H groups in total. The molecule has 0 aromatic carbocycles. The van der Waals surface area contributed by atoms with Gasteiger partial charge in [0.2, 0.25) is 0 Å². The highest BCUT2D eigenvalue weighted by molar-refractivity contribution is 5.23. The molecule has 10 heavy (non-hydrogen) atoms. The summed E-state index contributed by atoms with van der Waals surface area (Å²) in [5.41, 5.74) is 6.24. The van der Waals surface area contributed by atoms with Crippen molar-refractivity contribution in [2.45, 2.75) is 6.92 Å². The first kappa shape index (κ1) is 9.11. The van der Waals surface area contributed by atoms with Crippen LogP contribution in [0.1, 0.15) is 6.92 Å². The van der Waals surface area contributed by atoms with Crippen LogP contribution in [0, 0.1) is 0 Å². The minimum absolute atomic E-state index is 0.439. The molecule has 0 bridgehead atoms. The van der Waals surface area contributed by atoms with Crippen molar-refractivity contribution in [3.8, 4) is 0 Å². The predicted octanol–water partition coefficient (Wildman–Crippen LogP) is 1.93. The smallest absolute Gasteiger partial charge is 0.0867 e. The fraction of sp³-hybridized carbons (Fsp3) is 0.250. The topological polar surface area (TPSA) is 26.0 Å². The SMILES string of the molecule is C\C=C/C(=C\C=C\F)CN. The Morgan fingerprint density at radius 3 is 2.70 bits per heavy atom. The Morgan fingerprint density at radius 1 is 1.60 bits per heavy atom. The number of allylic oxidation sites excluding steroid dienone is 3. The highest BCUT2D eigenvalue weighted by Gasteiger charge is 1.82. The van der Waals surface area contributed by atoms with Crippen LogP contribution in [0.4, 0.5) is 4.39 Å². The molecule has 0 heterocycles. The van der Waals surface area contributed by atoms with Gasteiger partial charge in [0.1, 0.15) is 0 Å². The molecule has 0 radical (unpaired) electrons. The number of rotatable bonds is 3. The molecule has 0 rings (SSSR count). The van der Waals surface area contributed by atoms with Crippen LogP contribution in [0.15, 0.2) is 36.2 Å². The van der Waals surface area contributed by atoms with E-state index in [4.69, 9.17) is 5.73 Å². The first-order valence-electron chi connectivity index (χ1n) is 3.13. The number of nitrogens with two attached hydrogens (primary N) is 1. The summed E-state index contributed by atoms with van der Waals surface area (Å²) in [5.74, 6) is 0. The maximum atomic E-state index is 11.4. The zero-order valence-corrected chi connectivity index (χ0v) is 6.05. The normalized spacial score (nSPS) is 13.7. The van der Waals surface area contributed by atoms with Gasteiger partial charge in [0.05, 0.1) is 6.33 Å². The fourth-order valence-corrected chi connectivity index (χ4v) is 0.566. The van der Waals surface area contributed by atoms with Gasteiger partial charge in [0.15, 0.2) is 0 Å². The lowest BCUT2D eigenvalue weighted by Crippen LogP contribution is -1.99. The van der Waals surface area contributed by atoms with E-state index in [9.17, 15) is 4.39 Å². The minimum Gasteiger partial charge on any atom is -0.326 e. The van der Waals surface area contributed by atoms with Gasteiger partial charge in [0.25, 0.3) is 0 Å². The zero-order valence-electron chi connectivity index (χ0n) is 6.05. The highest BCUT2D eigenvalue weighted by atomic mass is 19.1. The summed E-state index contributed by atoms with van der Waals surface area (Å²) < 4.78 is 11.4. The standard InChI is InChI=1S/C8H12FN/c1-2-4-8(7-10)5-3-6-9/h2-6H,7,10H2,1H3/b4-2-,6-3+,8-5+. The minimum atomic E-state index is 0.439. The van der Waals surface area contributed by atoms with Gasteiger partial charge in [0, 0.05) is 6.54 Å². The summed E-state index contributed by atoms with van der Waals surface area (Å²) in [7, 11) is 0. The lowest BCUT2D eigenvalue weighted by molar-refractivity contribution is 0.721. The molecule has 0 aliphatic carbocycles. The van der Waals surface area contributed by atoms with Gasteiger partial charge in [-0.2, -0.15) is 0 Å². The van der Waals surface area contributed by atoms with Gasteiger partial charge in [-0.3, -0.25) is 0 Å². The van der Waals surface area contributed by atoms with E-state index < -0.39 is 0 Å². The van der Waals surface area contributed by atoms with Gasteiger partial charge in [-0.1, -0.05) is 18.2 Å². The summed E-state index contributed by atoms with van der Waals surface area (Å²) in [6.07, 6.45) is 7.16. The molecule has 0 spiro atoms. The molecule has 56 valence electrons. The van der Waals surface area contributed by atoms with Crippen LogP contribution < -0.4 is 5.73 Å². The molecule has 0 fully saturated rings. The molecule has 0 aromatic heterocycles. The molecule has 0 unspecified atom stereocenters. The van der Waals surface area contributed by atoms with E-state index in [1.807, 2.05) is 19.1 Å². The lowest BCUT2D eigenvalue weighted by atomic mass is 10.2. The van der Waals surface area contributed by atoms with Crippen molar-refractivity contribution >= 4 is 0 Å². The maximum absolute atomic E-state index is 11.4. The van der Waals surface area contributed by atoms with Gasteiger partial charge in [-0.05, 0) is 18.6 Å². The van der Waals surface area contributed by atoms with Crippen molar-refractivity contribution in [2.75, 3.05) is 6.54 Å². The molecule has 0 amide bonds. The van der Waals surface area contributed by atoms with Gasteiger partial charge >= 0.3 is 0 Å². The Bertz CT molecular complexity index is 157. The van der Waals surface area contributed by atoms with Gasteiger partial charge in [-0.15, -0.1) is 0 Å². The largest absolute Gasteiger partial charge is 0.326 e. The van der Waals surface area contributed by atoms with E-state index >= 15 is 0 Å². The van der Waals surface area contributed by atoms with Gasteiger partial charge < -0.3 is 5.73 Å². The molecular weight excluding hydrogens is 129 g/mol. The van der Waals surface area contributed by atoms with Crippen LogP contribution in [-0.4, -0.2) is 6.54 Å². The summed E-state index contributed by atoms with van der Waals surface area (Å²) in [6, 6.07) is 0. The molecule has 1 nitrogen and oxygen atoms in total. The average molecular weight is 141 g/mol. The van der Waals surface area contributed by atoms with Crippen molar-refractivity contribution in [3.63, 3.8) is 0 Å². The Morgan fingerprint density at radius 2 is 2.30 bits per heavy atom. The second kappa shape index (κ2) is 6.23. The monoisotopic (exact) mass is 141 g/mol. The van der Waals surface area contributed by atoms with Crippen LogP contribution in [-0.2, 0) is 0 Å².